The molecule has 1 saturated heterocycles. The third-order valence-electron chi connectivity index (χ3n) is 2.57. The van der Waals surface area contributed by atoms with E-state index in [9.17, 15) is 0 Å². The summed E-state index contributed by atoms with van der Waals surface area (Å²) in [5, 5.41) is 0. The van der Waals surface area contributed by atoms with Crippen molar-refractivity contribution >= 4 is 18.9 Å². The first-order valence-corrected chi connectivity index (χ1v) is 3.84. The van der Waals surface area contributed by atoms with Crippen LogP contribution in [0.3, 0.4) is 0 Å². The number of nitrogens with zero attached hydrogens (tertiary/aromatic N) is 1. The topological polar surface area (TPSA) is 3.24 Å². The van der Waals surface area contributed by atoms with E-state index in [2.05, 4.69) is 25.8 Å². The minimum atomic E-state index is 0. The van der Waals surface area contributed by atoms with Gasteiger partial charge in [0.15, 0.2) is 0 Å². The molecular formula is C8H18LiN. The van der Waals surface area contributed by atoms with Crippen LogP contribution < -0.4 is 0 Å². The molecule has 0 unspecified atom stereocenters. The van der Waals surface area contributed by atoms with Gasteiger partial charge in [-0.2, -0.15) is 0 Å². The van der Waals surface area contributed by atoms with Crippen LogP contribution in [-0.4, -0.2) is 42.9 Å². The SMILES string of the molecule is CN1CCCCC1(C)C.[LiH]. The summed E-state index contributed by atoms with van der Waals surface area (Å²) < 4.78 is 0. The van der Waals surface area contributed by atoms with Gasteiger partial charge in [0.2, 0.25) is 0 Å². The van der Waals surface area contributed by atoms with E-state index in [4.69, 9.17) is 0 Å². The van der Waals surface area contributed by atoms with E-state index in [1.807, 2.05) is 0 Å². The average molecular weight is 135 g/mol. The summed E-state index contributed by atoms with van der Waals surface area (Å²) in [6.07, 6.45) is 4.17. The number of hydrogen-bond acceptors (Lipinski definition) is 1. The molecule has 0 amide bonds. The van der Waals surface area contributed by atoms with E-state index in [1.165, 1.54) is 25.8 Å². The number of piperidine rings is 1. The predicted octanol–water partition coefficient (Wildman–Crippen LogP) is 1.23. The molecule has 0 spiro atoms. The van der Waals surface area contributed by atoms with E-state index in [1.54, 1.807) is 0 Å². The Morgan fingerprint density at radius 1 is 1.20 bits per heavy atom. The van der Waals surface area contributed by atoms with Crippen molar-refractivity contribution in [2.24, 2.45) is 0 Å². The molecule has 1 nitrogen and oxygen atoms in total. The van der Waals surface area contributed by atoms with E-state index < -0.39 is 0 Å². The molecule has 1 fully saturated rings. The zero-order valence-corrected chi connectivity index (χ0v) is 6.78. The summed E-state index contributed by atoms with van der Waals surface area (Å²) in [6.45, 7) is 5.94. The fraction of sp³-hybridized carbons (Fsp3) is 1.00. The maximum atomic E-state index is 2.45. The molecule has 0 aromatic carbocycles. The standard InChI is InChI=1S/C8H17N.Li.H/c1-8(2)6-4-5-7-9(8)3;;/h4-7H2,1-3H3;;. The Balaban J connectivity index is 0.000000810. The van der Waals surface area contributed by atoms with Crippen LogP contribution in [0.4, 0.5) is 0 Å². The van der Waals surface area contributed by atoms with Gasteiger partial charge < -0.3 is 4.90 Å². The molecule has 1 heterocycles. The van der Waals surface area contributed by atoms with Crippen molar-refractivity contribution in [1.29, 1.82) is 0 Å². The molecule has 1 aliphatic heterocycles. The van der Waals surface area contributed by atoms with E-state index in [-0.39, 0.29) is 18.9 Å². The van der Waals surface area contributed by atoms with Crippen LogP contribution in [0.1, 0.15) is 33.1 Å². The van der Waals surface area contributed by atoms with Gasteiger partial charge in [0.05, 0.1) is 0 Å². The Bertz CT molecular complexity index is 101. The van der Waals surface area contributed by atoms with Crippen LogP contribution in [-0.2, 0) is 0 Å². The summed E-state index contributed by atoms with van der Waals surface area (Å²) in [5.74, 6) is 0. The molecule has 0 aliphatic carbocycles. The zero-order valence-electron chi connectivity index (χ0n) is 6.78. The number of likely N-dealkylation sites (tertiary alicyclic amines) is 1. The summed E-state index contributed by atoms with van der Waals surface area (Å²) in [4.78, 5) is 2.45. The van der Waals surface area contributed by atoms with Gasteiger partial charge in [0.25, 0.3) is 0 Å². The van der Waals surface area contributed by atoms with Gasteiger partial charge in [-0.1, -0.05) is 6.42 Å². The molecule has 2 heteroatoms. The van der Waals surface area contributed by atoms with Gasteiger partial charge in [-0.15, -0.1) is 0 Å². The molecule has 1 aliphatic rings. The van der Waals surface area contributed by atoms with Gasteiger partial charge in [0.1, 0.15) is 0 Å². The normalized spacial score (nSPS) is 25.5. The van der Waals surface area contributed by atoms with Crippen LogP contribution in [0, 0.1) is 0 Å². The van der Waals surface area contributed by atoms with Gasteiger partial charge in [-0.25, -0.2) is 0 Å². The molecule has 56 valence electrons. The predicted molar refractivity (Wildman–Crippen MR) is 47.7 cm³/mol. The molecule has 0 saturated carbocycles. The van der Waals surface area contributed by atoms with Crippen LogP contribution in [0.15, 0.2) is 0 Å². The first-order valence-electron chi connectivity index (χ1n) is 3.84. The fourth-order valence-corrected chi connectivity index (χ4v) is 1.40. The van der Waals surface area contributed by atoms with E-state index >= 15 is 0 Å². The molecule has 0 atom stereocenters. The Morgan fingerprint density at radius 3 is 2.10 bits per heavy atom. The molecule has 0 aromatic heterocycles. The van der Waals surface area contributed by atoms with Crippen molar-refractivity contribution in [2.75, 3.05) is 13.6 Å². The molecule has 0 radical (unpaired) electrons. The molecule has 0 aromatic rings. The summed E-state index contributed by atoms with van der Waals surface area (Å²) in [6, 6.07) is 0. The summed E-state index contributed by atoms with van der Waals surface area (Å²) in [5.41, 5.74) is 0.470. The van der Waals surface area contributed by atoms with Crippen molar-refractivity contribution < 1.29 is 0 Å². The quantitative estimate of drug-likeness (QED) is 0.451. The first-order chi connectivity index (χ1) is 4.13. The molecular weight excluding hydrogens is 117 g/mol. The Morgan fingerprint density at radius 2 is 1.80 bits per heavy atom. The van der Waals surface area contributed by atoms with E-state index in [0.29, 0.717) is 5.54 Å². The fourth-order valence-electron chi connectivity index (χ4n) is 1.40. The van der Waals surface area contributed by atoms with Crippen LogP contribution >= 0.6 is 0 Å². The van der Waals surface area contributed by atoms with Gasteiger partial charge in [-0.3, -0.25) is 0 Å². The number of hydrogen-bond donors (Lipinski definition) is 0. The zero-order chi connectivity index (χ0) is 6.91. The Hall–Kier alpha value is 0.557. The molecule has 10 heavy (non-hydrogen) atoms. The van der Waals surface area contributed by atoms with Crippen LogP contribution in [0.25, 0.3) is 0 Å². The van der Waals surface area contributed by atoms with E-state index in [0.717, 1.165) is 0 Å². The van der Waals surface area contributed by atoms with Gasteiger partial charge >= 0.3 is 18.9 Å². The van der Waals surface area contributed by atoms with Crippen molar-refractivity contribution in [3.63, 3.8) is 0 Å². The summed E-state index contributed by atoms with van der Waals surface area (Å²) >= 11 is 0. The third-order valence-corrected chi connectivity index (χ3v) is 2.57. The minimum absolute atomic E-state index is 0. The van der Waals surface area contributed by atoms with Crippen LogP contribution in [0.5, 0.6) is 0 Å². The summed E-state index contributed by atoms with van der Waals surface area (Å²) in [7, 11) is 2.22. The average Bonchev–Trinajstić information content (AvgIpc) is 1.77. The molecule has 1 rings (SSSR count). The Kier molecular flexibility index (Phi) is 4.02. The van der Waals surface area contributed by atoms with Gasteiger partial charge in [-0.05, 0) is 40.3 Å². The van der Waals surface area contributed by atoms with Gasteiger partial charge in [0, 0.05) is 5.54 Å². The molecule has 0 bridgehead atoms. The van der Waals surface area contributed by atoms with Crippen molar-refractivity contribution in [2.45, 2.75) is 38.6 Å². The second-order valence-electron chi connectivity index (χ2n) is 3.69. The molecule has 0 N–H and O–H groups in total. The van der Waals surface area contributed by atoms with Crippen molar-refractivity contribution in [1.82, 2.24) is 4.90 Å². The second kappa shape index (κ2) is 3.81. The van der Waals surface area contributed by atoms with Crippen LogP contribution in [0.2, 0.25) is 0 Å². The maximum absolute atomic E-state index is 2.45. The monoisotopic (exact) mass is 135 g/mol. The van der Waals surface area contributed by atoms with Crippen molar-refractivity contribution in [3.8, 4) is 0 Å². The number of rotatable bonds is 0. The third kappa shape index (κ3) is 2.31. The Labute approximate surface area is 76.3 Å². The first kappa shape index (κ1) is 10.6. The second-order valence-corrected chi connectivity index (χ2v) is 3.69. The van der Waals surface area contributed by atoms with Crippen molar-refractivity contribution in [3.05, 3.63) is 0 Å².